The van der Waals surface area contributed by atoms with Crippen LogP contribution in [0.1, 0.15) is 28.4 Å². The average Bonchev–Trinajstić information content (AvgIpc) is 2.26. The molecule has 0 aliphatic carbocycles. The fourth-order valence-electron chi connectivity index (χ4n) is 1.35. The zero-order valence-electron chi connectivity index (χ0n) is 8.50. The van der Waals surface area contributed by atoms with E-state index in [0.29, 0.717) is 17.5 Å². The predicted octanol–water partition coefficient (Wildman–Crippen LogP) is 2.67. The quantitative estimate of drug-likeness (QED) is 0.775. The van der Waals surface area contributed by atoms with Crippen LogP contribution in [0.4, 0.5) is 0 Å². The number of benzene rings is 1. The topological polar surface area (TPSA) is 50.1 Å². The molecule has 0 bridgehead atoms. The van der Waals surface area contributed by atoms with E-state index in [0.717, 1.165) is 10.0 Å². The first-order valence-electron chi connectivity index (χ1n) is 4.44. The summed E-state index contributed by atoms with van der Waals surface area (Å²) in [5.41, 5.74) is 1.55. The average molecular weight is 268 g/mol. The Morgan fingerprint density at radius 1 is 1.60 bits per heavy atom. The van der Waals surface area contributed by atoms with E-state index in [1.165, 1.54) is 7.11 Å². The van der Waals surface area contributed by atoms with Crippen LogP contribution in [-0.2, 0) is 11.2 Å². The van der Waals surface area contributed by atoms with Crippen molar-refractivity contribution in [1.29, 1.82) is 5.26 Å². The van der Waals surface area contributed by atoms with Crippen LogP contribution in [-0.4, -0.2) is 13.1 Å². The van der Waals surface area contributed by atoms with Crippen LogP contribution in [0.25, 0.3) is 0 Å². The number of halogens is 1. The fourth-order valence-corrected chi connectivity index (χ4v) is 1.85. The van der Waals surface area contributed by atoms with Crippen molar-refractivity contribution in [2.45, 2.75) is 13.3 Å². The molecule has 0 spiro atoms. The number of hydrogen-bond acceptors (Lipinski definition) is 3. The summed E-state index contributed by atoms with van der Waals surface area (Å²) in [5.74, 6) is -0.484. The number of nitrogens with zero attached hydrogens (tertiary/aromatic N) is 1. The number of rotatable bonds is 2. The molecule has 3 nitrogen and oxygen atoms in total. The van der Waals surface area contributed by atoms with Gasteiger partial charge < -0.3 is 4.74 Å². The van der Waals surface area contributed by atoms with Crippen molar-refractivity contribution in [3.63, 3.8) is 0 Å². The number of aryl methyl sites for hydroxylation is 1. The summed E-state index contributed by atoms with van der Waals surface area (Å²) in [7, 11) is 1.30. The van der Waals surface area contributed by atoms with Crippen LogP contribution < -0.4 is 0 Å². The van der Waals surface area contributed by atoms with Crippen molar-refractivity contribution in [2.75, 3.05) is 7.11 Å². The summed E-state index contributed by atoms with van der Waals surface area (Å²) < 4.78 is 5.40. The highest BCUT2D eigenvalue weighted by molar-refractivity contribution is 9.10. The maximum absolute atomic E-state index is 11.4. The highest BCUT2D eigenvalue weighted by Crippen LogP contribution is 2.22. The molecule has 0 saturated heterocycles. The number of ether oxygens (including phenoxy) is 1. The minimum absolute atomic E-state index is 0.311. The Balaban J connectivity index is 3.43. The molecule has 0 saturated carbocycles. The van der Waals surface area contributed by atoms with Crippen molar-refractivity contribution in [3.8, 4) is 6.07 Å². The number of esters is 1. The number of carbonyl (C=O) groups excluding carboxylic acids is 1. The third-order valence-corrected chi connectivity index (χ3v) is 2.54. The maximum atomic E-state index is 11.4. The van der Waals surface area contributed by atoms with Gasteiger partial charge in [-0.25, -0.2) is 4.79 Å². The van der Waals surface area contributed by atoms with Gasteiger partial charge in [0.05, 0.1) is 18.2 Å². The Kier molecular flexibility index (Phi) is 3.87. The number of hydrogen-bond donors (Lipinski definition) is 0. The lowest BCUT2D eigenvalue weighted by Crippen LogP contribution is -2.06. The van der Waals surface area contributed by atoms with Gasteiger partial charge in [0.15, 0.2) is 0 Å². The summed E-state index contributed by atoms with van der Waals surface area (Å²) in [6.07, 6.45) is 0.701. The second kappa shape index (κ2) is 4.94. The van der Waals surface area contributed by atoms with Crippen LogP contribution in [0.5, 0.6) is 0 Å². The lowest BCUT2D eigenvalue weighted by atomic mass is 10.0. The molecule has 0 aliphatic heterocycles. The lowest BCUT2D eigenvalue weighted by molar-refractivity contribution is 0.0600. The Morgan fingerprint density at radius 2 is 2.27 bits per heavy atom. The highest BCUT2D eigenvalue weighted by Gasteiger charge is 2.15. The maximum Gasteiger partial charge on any atom is 0.339 e. The van der Waals surface area contributed by atoms with E-state index < -0.39 is 5.97 Å². The Labute approximate surface area is 96.8 Å². The molecule has 0 unspecified atom stereocenters. The third-order valence-electron chi connectivity index (χ3n) is 2.08. The van der Waals surface area contributed by atoms with Gasteiger partial charge in [0.25, 0.3) is 0 Å². The van der Waals surface area contributed by atoms with Crippen LogP contribution >= 0.6 is 15.9 Å². The van der Waals surface area contributed by atoms with Gasteiger partial charge >= 0.3 is 5.97 Å². The Hall–Kier alpha value is -1.34. The monoisotopic (exact) mass is 267 g/mol. The van der Waals surface area contributed by atoms with Gasteiger partial charge in [0.2, 0.25) is 0 Å². The van der Waals surface area contributed by atoms with Crippen LogP contribution in [0.3, 0.4) is 0 Å². The standard InChI is InChI=1S/C11H10BrNO2/c1-3-7-4-8(12)5-9(10(7)6-13)11(14)15-2/h4-5H,3H2,1-2H3. The van der Waals surface area contributed by atoms with E-state index in [1.807, 2.05) is 19.1 Å². The van der Waals surface area contributed by atoms with Crippen molar-refractivity contribution in [1.82, 2.24) is 0 Å². The molecule has 1 aromatic rings. The molecule has 0 aliphatic rings. The molecule has 1 aromatic carbocycles. The molecule has 0 radical (unpaired) electrons. The van der Waals surface area contributed by atoms with E-state index in [2.05, 4.69) is 20.7 Å². The summed E-state index contributed by atoms with van der Waals surface area (Å²) >= 11 is 3.30. The molecule has 15 heavy (non-hydrogen) atoms. The van der Waals surface area contributed by atoms with Crippen LogP contribution in [0.2, 0.25) is 0 Å². The van der Waals surface area contributed by atoms with E-state index in [1.54, 1.807) is 6.07 Å². The zero-order chi connectivity index (χ0) is 11.4. The lowest BCUT2D eigenvalue weighted by Gasteiger charge is -2.07. The Bertz CT molecular complexity index is 435. The number of carbonyl (C=O) groups is 1. The highest BCUT2D eigenvalue weighted by atomic mass is 79.9. The van der Waals surface area contributed by atoms with E-state index in [-0.39, 0.29) is 0 Å². The van der Waals surface area contributed by atoms with Crippen molar-refractivity contribution < 1.29 is 9.53 Å². The molecule has 0 aromatic heterocycles. The number of nitriles is 1. The summed E-state index contributed by atoms with van der Waals surface area (Å²) in [4.78, 5) is 11.4. The van der Waals surface area contributed by atoms with Gasteiger partial charge in [-0.15, -0.1) is 0 Å². The van der Waals surface area contributed by atoms with Gasteiger partial charge in [-0.2, -0.15) is 5.26 Å². The summed E-state index contributed by atoms with van der Waals surface area (Å²) in [6, 6.07) is 5.47. The molecule has 78 valence electrons. The molecular formula is C11H10BrNO2. The molecule has 0 atom stereocenters. The molecule has 1 rings (SSSR count). The minimum atomic E-state index is -0.484. The van der Waals surface area contributed by atoms with Gasteiger partial charge in [-0.3, -0.25) is 0 Å². The van der Waals surface area contributed by atoms with Gasteiger partial charge in [-0.05, 0) is 24.1 Å². The summed E-state index contributed by atoms with van der Waals surface area (Å²) in [6.45, 7) is 1.93. The SMILES string of the molecule is CCc1cc(Br)cc(C(=O)OC)c1C#N. The van der Waals surface area contributed by atoms with Crippen molar-refractivity contribution in [3.05, 3.63) is 33.3 Å². The van der Waals surface area contributed by atoms with Crippen molar-refractivity contribution >= 4 is 21.9 Å². The Morgan fingerprint density at radius 3 is 2.73 bits per heavy atom. The molecule has 4 heteroatoms. The van der Waals surface area contributed by atoms with Gasteiger partial charge in [0, 0.05) is 4.47 Å². The molecule has 0 fully saturated rings. The molecule has 0 N–H and O–H groups in total. The third kappa shape index (κ3) is 2.37. The molecular weight excluding hydrogens is 258 g/mol. The smallest absolute Gasteiger partial charge is 0.339 e. The molecule has 0 amide bonds. The van der Waals surface area contributed by atoms with E-state index in [4.69, 9.17) is 5.26 Å². The van der Waals surface area contributed by atoms with Crippen molar-refractivity contribution in [2.24, 2.45) is 0 Å². The largest absolute Gasteiger partial charge is 0.465 e. The first kappa shape index (κ1) is 11.7. The second-order valence-electron chi connectivity index (χ2n) is 2.94. The first-order chi connectivity index (χ1) is 7.13. The normalized spacial score (nSPS) is 9.47. The number of methoxy groups -OCH3 is 1. The van der Waals surface area contributed by atoms with E-state index in [9.17, 15) is 4.79 Å². The predicted molar refractivity (Wildman–Crippen MR) is 59.6 cm³/mol. The fraction of sp³-hybridized carbons (Fsp3) is 0.273. The summed E-state index contributed by atoms with van der Waals surface area (Å²) in [5, 5.41) is 8.99. The van der Waals surface area contributed by atoms with Crippen LogP contribution in [0.15, 0.2) is 16.6 Å². The zero-order valence-corrected chi connectivity index (χ0v) is 10.1. The van der Waals surface area contributed by atoms with Crippen LogP contribution in [0, 0.1) is 11.3 Å². The second-order valence-corrected chi connectivity index (χ2v) is 3.86. The van der Waals surface area contributed by atoms with E-state index >= 15 is 0 Å². The molecule has 0 heterocycles. The first-order valence-corrected chi connectivity index (χ1v) is 5.24. The van der Waals surface area contributed by atoms with Gasteiger partial charge in [-0.1, -0.05) is 22.9 Å². The van der Waals surface area contributed by atoms with Gasteiger partial charge in [0.1, 0.15) is 6.07 Å². The minimum Gasteiger partial charge on any atom is -0.465 e.